The Morgan fingerprint density at radius 2 is 2.38 bits per heavy atom. The molecule has 0 aliphatic heterocycles. The van der Waals surface area contributed by atoms with E-state index < -0.39 is 0 Å². The van der Waals surface area contributed by atoms with Crippen LogP contribution in [0.5, 0.6) is 0 Å². The number of amides is 1. The van der Waals surface area contributed by atoms with Crippen LogP contribution in [0.3, 0.4) is 0 Å². The fraction of sp³-hybridized carbons (Fsp3) is 0.375. The maximum Gasteiger partial charge on any atom is 0.225 e. The Morgan fingerprint density at radius 1 is 1.54 bits per heavy atom. The highest BCUT2D eigenvalue weighted by Gasteiger charge is 2.01. The van der Waals surface area contributed by atoms with Crippen LogP contribution in [-0.2, 0) is 4.79 Å². The van der Waals surface area contributed by atoms with Crippen molar-refractivity contribution in [3.8, 4) is 0 Å². The summed E-state index contributed by atoms with van der Waals surface area (Å²) in [5.74, 6) is 0.886. The van der Waals surface area contributed by atoms with E-state index in [1.54, 1.807) is 6.20 Å². The van der Waals surface area contributed by atoms with Gasteiger partial charge in [0.25, 0.3) is 0 Å². The lowest BCUT2D eigenvalue weighted by Gasteiger charge is -2.01. The van der Waals surface area contributed by atoms with E-state index >= 15 is 0 Å². The van der Waals surface area contributed by atoms with Gasteiger partial charge in [-0.25, -0.2) is 4.98 Å². The van der Waals surface area contributed by atoms with Crippen LogP contribution in [0.1, 0.15) is 12.8 Å². The van der Waals surface area contributed by atoms with Gasteiger partial charge in [0.1, 0.15) is 0 Å². The molecule has 0 atom stereocenters. The number of carbonyl (C=O) groups excluding carboxylic acids is 1. The zero-order valence-corrected chi connectivity index (χ0v) is 7.79. The second-order valence-corrected chi connectivity index (χ2v) is 2.81. The molecule has 0 unspecified atom stereocenters. The van der Waals surface area contributed by atoms with E-state index in [1.807, 2.05) is 0 Å². The third-order valence-electron chi connectivity index (χ3n) is 1.37. The number of nitrogens with zero attached hydrogens (tertiary/aromatic N) is 2. The van der Waals surface area contributed by atoms with Gasteiger partial charge >= 0.3 is 0 Å². The second-order valence-electron chi connectivity index (χ2n) is 2.43. The van der Waals surface area contributed by atoms with Crippen LogP contribution < -0.4 is 5.32 Å². The number of hydrogen-bond donors (Lipinski definition) is 1. The molecule has 1 rings (SSSR count). The number of rotatable bonds is 4. The molecule has 0 radical (unpaired) electrons. The molecule has 1 aromatic rings. The normalized spacial score (nSPS) is 9.62. The van der Waals surface area contributed by atoms with E-state index in [4.69, 9.17) is 11.6 Å². The first kappa shape index (κ1) is 9.92. The van der Waals surface area contributed by atoms with Crippen molar-refractivity contribution in [2.75, 3.05) is 11.2 Å². The summed E-state index contributed by atoms with van der Waals surface area (Å²) in [4.78, 5) is 18.8. The fourth-order valence-corrected chi connectivity index (χ4v) is 0.930. The molecule has 0 saturated carbocycles. The first-order chi connectivity index (χ1) is 6.33. The molecule has 0 aromatic carbocycles. The molecule has 0 fully saturated rings. The van der Waals surface area contributed by atoms with E-state index in [-0.39, 0.29) is 5.91 Å². The van der Waals surface area contributed by atoms with Crippen molar-refractivity contribution in [2.24, 2.45) is 0 Å². The Labute approximate surface area is 81.3 Å². The number of alkyl halides is 1. The van der Waals surface area contributed by atoms with E-state index in [0.29, 0.717) is 24.5 Å². The fourth-order valence-electron chi connectivity index (χ4n) is 0.796. The topological polar surface area (TPSA) is 54.9 Å². The number of nitrogens with one attached hydrogen (secondary N) is 1. The third kappa shape index (κ3) is 3.85. The van der Waals surface area contributed by atoms with Gasteiger partial charge < -0.3 is 5.32 Å². The summed E-state index contributed by atoms with van der Waals surface area (Å²) in [6.45, 7) is 0. The number of aromatic nitrogens is 2. The largest absolute Gasteiger partial charge is 0.309 e. The predicted octanol–water partition coefficient (Wildman–Crippen LogP) is 1.43. The molecule has 70 valence electrons. The summed E-state index contributed by atoms with van der Waals surface area (Å²) in [5, 5.41) is 2.61. The van der Waals surface area contributed by atoms with Gasteiger partial charge in [-0.1, -0.05) is 0 Å². The number of anilines is 1. The summed E-state index contributed by atoms with van der Waals surface area (Å²) in [6, 6.07) is 0. The SMILES string of the molecule is O=C(CCCCl)Nc1cnccn1. The highest BCUT2D eigenvalue weighted by atomic mass is 35.5. The molecule has 1 heterocycles. The van der Waals surface area contributed by atoms with Crippen LogP contribution in [0.4, 0.5) is 5.82 Å². The summed E-state index contributed by atoms with van der Waals surface area (Å²) in [7, 11) is 0. The van der Waals surface area contributed by atoms with E-state index in [0.717, 1.165) is 0 Å². The smallest absolute Gasteiger partial charge is 0.225 e. The van der Waals surface area contributed by atoms with E-state index in [9.17, 15) is 4.79 Å². The van der Waals surface area contributed by atoms with Crippen molar-refractivity contribution in [2.45, 2.75) is 12.8 Å². The molecule has 0 aliphatic rings. The number of halogens is 1. The summed E-state index contributed by atoms with van der Waals surface area (Å²) in [5.41, 5.74) is 0. The monoisotopic (exact) mass is 199 g/mol. The predicted molar refractivity (Wildman–Crippen MR) is 50.6 cm³/mol. The Kier molecular flexibility index (Phi) is 4.18. The van der Waals surface area contributed by atoms with E-state index in [1.165, 1.54) is 12.4 Å². The summed E-state index contributed by atoms with van der Waals surface area (Å²) in [6.07, 6.45) is 5.66. The highest BCUT2D eigenvalue weighted by molar-refractivity contribution is 6.18. The zero-order valence-electron chi connectivity index (χ0n) is 7.03. The minimum Gasteiger partial charge on any atom is -0.309 e. The molecule has 1 amide bonds. The van der Waals surface area contributed by atoms with Gasteiger partial charge in [-0.3, -0.25) is 9.78 Å². The van der Waals surface area contributed by atoms with Crippen molar-refractivity contribution in [3.05, 3.63) is 18.6 Å². The maximum absolute atomic E-state index is 11.1. The summed E-state index contributed by atoms with van der Waals surface area (Å²) >= 11 is 5.44. The van der Waals surface area contributed by atoms with Crippen molar-refractivity contribution in [3.63, 3.8) is 0 Å². The molecule has 13 heavy (non-hydrogen) atoms. The molecule has 0 spiro atoms. The third-order valence-corrected chi connectivity index (χ3v) is 1.64. The molecule has 4 nitrogen and oxygen atoms in total. The van der Waals surface area contributed by atoms with Gasteiger partial charge in [0.15, 0.2) is 5.82 Å². The molecule has 0 bridgehead atoms. The number of carbonyl (C=O) groups is 1. The standard InChI is InChI=1S/C8H10ClN3O/c9-3-1-2-8(13)12-7-6-10-4-5-11-7/h4-6H,1-3H2,(H,11,12,13). The second kappa shape index (κ2) is 5.48. The Hall–Kier alpha value is -1.16. The Morgan fingerprint density at radius 3 is 3.00 bits per heavy atom. The average Bonchev–Trinajstić information content (AvgIpc) is 2.16. The van der Waals surface area contributed by atoms with Gasteiger partial charge in [-0.15, -0.1) is 11.6 Å². The van der Waals surface area contributed by atoms with Crippen LogP contribution >= 0.6 is 11.6 Å². The van der Waals surface area contributed by atoms with Crippen LogP contribution in [-0.4, -0.2) is 21.8 Å². The van der Waals surface area contributed by atoms with Crippen LogP contribution in [0, 0.1) is 0 Å². The van der Waals surface area contributed by atoms with Crippen molar-refractivity contribution in [1.29, 1.82) is 0 Å². The van der Waals surface area contributed by atoms with Crippen molar-refractivity contribution in [1.82, 2.24) is 9.97 Å². The van der Waals surface area contributed by atoms with Gasteiger partial charge in [0.2, 0.25) is 5.91 Å². The molecule has 1 N–H and O–H groups in total. The van der Waals surface area contributed by atoms with Crippen LogP contribution in [0.2, 0.25) is 0 Å². The van der Waals surface area contributed by atoms with Crippen LogP contribution in [0.25, 0.3) is 0 Å². The van der Waals surface area contributed by atoms with Gasteiger partial charge in [-0.05, 0) is 6.42 Å². The van der Waals surface area contributed by atoms with Gasteiger partial charge in [0.05, 0.1) is 6.20 Å². The lowest BCUT2D eigenvalue weighted by molar-refractivity contribution is -0.116. The van der Waals surface area contributed by atoms with E-state index in [2.05, 4.69) is 15.3 Å². The maximum atomic E-state index is 11.1. The molecule has 5 heteroatoms. The minimum absolute atomic E-state index is 0.0823. The quantitative estimate of drug-likeness (QED) is 0.747. The van der Waals surface area contributed by atoms with Crippen LogP contribution in [0.15, 0.2) is 18.6 Å². The highest BCUT2D eigenvalue weighted by Crippen LogP contribution is 2.00. The molecular weight excluding hydrogens is 190 g/mol. The number of hydrogen-bond acceptors (Lipinski definition) is 3. The molecule has 0 aliphatic carbocycles. The zero-order chi connectivity index (χ0) is 9.52. The Bertz CT molecular complexity index is 265. The first-order valence-corrected chi connectivity index (χ1v) is 4.48. The van der Waals surface area contributed by atoms with Crippen molar-refractivity contribution >= 4 is 23.3 Å². The summed E-state index contributed by atoms with van der Waals surface area (Å²) < 4.78 is 0. The van der Waals surface area contributed by atoms with Gasteiger partial charge in [0, 0.05) is 24.7 Å². The van der Waals surface area contributed by atoms with Crippen molar-refractivity contribution < 1.29 is 4.79 Å². The minimum atomic E-state index is -0.0823. The Balaban J connectivity index is 2.37. The first-order valence-electron chi connectivity index (χ1n) is 3.95. The molecule has 1 aromatic heterocycles. The lowest BCUT2D eigenvalue weighted by Crippen LogP contribution is -2.12. The lowest BCUT2D eigenvalue weighted by atomic mass is 10.3. The van der Waals surface area contributed by atoms with Gasteiger partial charge in [-0.2, -0.15) is 0 Å². The average molecular weight is 200 g/mol. The molecule has 0 saturated heterocycles. The molecular formula is C8H10ClN3O.